The molecule has 0 amide bonds. The van der Waals surface area contributed by atoms with Crippen molar-refractivity contribution < 1.29 is 22.4 Å². The largest absolute Gasteiger partial charge is 0.468 e. The molecule has 1 aliphatic carbocycles. The molecule has 22 heavy (non-hydrogen) atoms. The SMILES string of the molecule is NC1(c2noc(-c3ccc(OCC(F)(F)F)nc3)n2)CCC1. The summed E-state index contributed by atoms with van der Waals surface area (Å²) in [5.74, 6) is 0.530. The minimum atomic E-state index is -4.40. The first-order valence-electron chi connectivity index (χ1n) is 6.65. The molecular formula is C13H13F3N4O2. The van der Waals surface area contributed by atoms with E-state index in [4.69, 9.17) is 10.3 Å². The number of aromatic nitrogens is 3. The summed E-state index contributed by atoms with van der Waals surface area (Å²) in [5.41, 5.74) is 6.04. The molecule has 0 aliphatic heterocycles. The Bertz CT molecular complexity index is 650. The minimum absolute atomic E-state index is 0.130. The van der Waals surface area contributed by atoms with Gasteiger partial charge in [0.05, 0.1) is 11.1 Å². The smallest absolute Gasteiger partial charge is 0.422 e. The molecule has 2 N–H and O–H groups in total. The van der Waals surface area contributed by atoms with Gasteiger partial charge in [0.25, 0.3) is 5.89 Å². The highest BCUT2D eigenvalue weighted by atomic mass is 19.4. The summed E-state index contributed by atoms with van der Waals surface area (Å²) < 4.78 is 45.8. The highest BCUT2D eigenvalue weighted by molar-refractivity contribution is 5.51. The van der Waals surface area contributed by atoms with Gasteiger partial charge in [0.1, 0.15) is 0 Å². The Hall–Kier alpha value is -2.16. The monoisotopic (exact) mass is 314 g/mol. The quantitative estimate of drug-likeness (QED) is 0.932. The van der Waals surface area contributed by atoms with Gasteiger partial charge in [0, 0.05) is 12.3 Å². The lowest BCUT2D eigenvalue weighted by Gasteiger charge is -2.34. The Morgan fingerprint density at radius 3 is 2.64 bits per heavy atom. The molecule has 1 fully saturated rings. The van der Waals surface area contributed by atoms with Crippen molar-refractivity contribution >= 4 is 0 Å². The van der Waals surface area contributed by atoms with Crippen LogP contribution in [0.3, 0.4) is 0 Å². The average Bonchev–Trinajstić information content (AvgIpc) is 2.92. The van der Waals surface area contributed by atoms with Crippen LogP contribution < -0.4 is 10.5 Å². The molecule has 0 saturated heterocycles. The number of hydrogen-bond acceptors (Lipinski definition) is 6. The standard InChI is InChI=1S/C13H13F3N4O2/c14-13(15,16)7-21-9-3-2-8(6-18-9)10-19-11(20-22-10)12(17)4-1-5-12/h2-3,6H,1,4-5,7,17H2. The van der Waals surface area contributed by atoms with Crippen LogP contribution in [0.25, 0.3) is 11.5 Å². The Morgan fingerprint density at radius 2 is 2.09 bits per heavy atom. The number of nitrogens with zero attached hydrogens (tertiary/aromatic N) is 3. The Kier molecular flexibility index (Phi) is 3.51. The van der Waals surface area contributed by atoms with E-state index in [1.54, 1.807) is 0 Å². The van der Waals surface area contributed by atoms with E-state index in [0.717, 1.165) is 19.3 Å². The fraction of sp³-hybridized carbons (Fsp3) is 0.462. The number of hydrogen-bond donors (Lipinski definition) is 1. The first kappa shape index (κ1) is 14.8. The van der Waals surface area contributed by atoms with Crippen LogP contribution in [0.2, 0.25) is 0 Å². The first-order valence-corrected chi connectivity index (χ1v) is 6.65. The predicted molar refractivity (Wildman–Crippen MR) is 68.8 cm³/mol. The predicted octanol–water partition coefficient (Wildman–Crippen LogP) is 2.41. The van der Waals surface area contributed by atoms with Gasteiger partial charge < -0.3 is 15.0 Å². The van der Waals surface area contributed by atoms with Gasteiger partial charge >= 0.3 is 6.18 Å². The van der Waals surface area contributed by atoms with Crippen LogP contribution in [-0.2, 0) is 5.54 Å². The average molecular weight is 314 g/mol. The normalized spacial score (nSPS) is 17.1. The summed E-state index contributed by atoms with van der Waals surface area (Å²) in [6.07, 6.45) is -0.469. The molecule has 2 aromatic heterocycles. The van der Waals surface area contributed by atoms with Gasteiger partial charge in [-0.3, -0.25) is 0 Å². The van der Waals surface area contributed by atoms with E-state index < -0.39 is 18.3 Å². The molecule has 0 unspecified atom stereocenters. The second-order valence-electron chi connectivity index (χ2n) is 5.22. The van der Waals surface area contributed by atoms with Crippen molar-refractivity contribution in [3.8, 4) is 17.3 Å². The summed E-state index contributed by atoms with van der Waals surface area (Å²) in [6, 6.07) is 2.81. The van der Waals surface area contributed by atoms with Crippen molar-refractivity contribution in [2.45, 2.75) is 31.0 Å². The van der Waals surface area contributed by atoms with Gasteiger partial charge in [-0.25, -0.2) is 4.98 Å². The molecule has 118 valence electrons. The third-order valence-corrected chi connectivity index (χ3v) is 3.48. The van der Waals surface area contributed by atoms with Crippen LogP contribution in [0, 0.1) is 0 Å². The van der Waals surface area contributed by atoms with Crippen molar-refractivity contribution in [2.75, 3.05) is 6.61 Å². The van der Waals surface area contributed by atoms with Gasteiger partial charge in [-0.1, -0.05) is 5.16 Å². The van der Waals surface area contributed by atoms with Crippen molar-refractivity contribution in [1.29, 1.82) is 0 Å². The Morgan fingerprint density at radius 1 is 1.32 bits per heavy atom. The van der Waals surface area contributed by atoms with E-state index in [1.807, 2.05) is 0 Å². The number of pyridine rings is 1. The third kappa shape index (κ3) is 3.03. The Balaban J connectivity index is 1.70. The maximum Gasteiger partial charge on any atom is 0.422 e. The zero-order valence-corrected chi connectivity index (χ0v) is 11.4. The van der Waals surface area contributed by atoms with Gasteiger partial charge in [-0.15, -0.1) is 0 Å². The maximum atomic E-state index is 12.0. The van der Waals surface area contributed by atoms with Gasteiger partial charge in [-0.2, -0.15) is 18.2 Å². The first-order chi connectivity index (χ1) is 10.4. The second kappa shape index (κ2) is 5.24. The van der Waals surface area contributed by atoms with Crippen LogP contribution in [0.4, 0.5) is 13.2 Å². The molecule has 2 aromatic rings. The molecule has 6 nitrogen and oxygen atoms in total. The molecule has 9 heteroatoms. The highest BCUT2D eigenvalue weighted by Gasteiger charge is 2.39. The summed E-state index contributed by atoms with van der Waals surface area (Å²) >= 11 is 0. The number of nitrogens with two attached hydrogens (primary N) is 1. The minimum Gasteiger partial charge on any atom is -0.468 e. The van der Waals surface area contributed by atoms with E-state index >= 15 is 0 Å². The van der Waals surface area contributed by atoms with Gasteiger partial charge in [-0.05, 0) is 25.3 Å². The van der Waals surface area contributed by atoms with Crippen LogP contribution in [0.1, 0.15) is 25.1 Å². The molecule has 1 aliphatic rings. The number of alkyl halides is 3. The molecule has 3 rings (SSSR count). The van der Waals surface area contributed by atoms with E-state index in [0.29, 0.717) is 11.4 Å². The molecule has 0 spiro atoms. The molecule has 1 saturated carbocycles. The molecular weight excluding hydrogens is 301 g/mol. The van der Waals surface area contributed by atoms with Crippen molar-refractivity contribution in [2.24, 2.45) is 5.73 Å². The van der Waals surface area contributed by atoms with Crippen molar-refractivity contribution in [1.82, 2.24) is 15.1 Å². The summed E-state index contributed by atoms with van der Waals surface area (Å²) in [6.45, 7) is -1.39. The zero-order chi connectivity index (χ0) is 15.8. The number of halogens is 3. The maximum absolute atomic E-state index is 12.0. The van der Waals surface area contributed by atoms with E-state index in [2.05, 4.69) is 19.9 Å². The third-order valence-electron chi connectivity index (χ3n) is 3.48. The second-order valence-corrected chi connectivity index (χ2v) is 5.22. The molecule has 0 aromatic carbocycles. The zero-order valence-electron chi connectivity index (χ0n) is 11.4. The Labute approximate surface area is 123 Å². The molecule has 0 radical (unpaired) electrons. The fourth-order valence-electron chi connectivity index (χ4n) is 2.07. The lowest BCUT2D eigenvalue weighted by molar-refractivity contribution is -0.154. The van der Waals surface area contributed by atoms with Gasteiger partial charge in [0.15, 0.2) is 12.4 Å². The number of ether oxygens (including phenoxy) is 1. The van der Waals surface area contributed by atoms with E-state index in [-0.39, 0.29) is 11.8 Å². The highest BCUT2D eigenvalue weighted by Crippen LogP contribution is 2.37. The van der Waals surface area contributed by atoms with Crippen LogP contribution in [0.5, 0.6) is 5.88 Å². The fourth-order valence-corrected chi connectivity index (χ4v) is 2.07. The molecule has 0 bridgehead atoms. The van der Waals surface area contributed by atoms with Crippen LogP contribution in [0.15, 0.2) is 22.9 Å². The van der Waals surface area contributed by atoms with E-state index in [9.17, 15) is 13.2 Å². The number of rotatable bonds is 4. The molecule has 0 atom stereocenters. The lowest BCUT2D eigenvalue weighted by Crippen LogP contribution is -2.44. The van der Waals surface area contributed by atoms with E-state index in [1.165, 1.54) is 18.3 Å². The topological polar surface area (TPSA) is 87.1 Å². The summed E-state index contributed by atoms with van der Waals surface area (Å²) in [5, 5.41) is 3.86. The van der Waals surface area contributed by atoms with Crippen LogP contribution in [-0.4, -0.2) is 27.9 Å². The van der Waals surface area contributed by atoms with Crippen molar-refractivity contribution in [3.05, 3.63) is 24.2 Å². The summed E-state index contributed by atoms with van der Waals surface area (Å²) in [4.78, 5) is 8.01. The van der Waals surface area contributed by atoms with Crippen LogP contribution >= 0.6 is 0 Å². The van der Waals surface area contributed by atoms with Crippen molar-refractivity contribution in [3.63, 3.8) is 0 Å². The summed E-state index contributed by atoms with van der Waals surface area (Å²) in [7, 11) is 0. The lowest BCUT2D eigenvalue weighted by atomic mass is 9.77. The van der Waals surface area contributed by atoms with Gasteiger partial charge in [0.2, 0.25) is 5.88 Å². The molecule has 2 heterocycles.